The van der Waals surface area contributed by atoms with Gasteiger partial charge in [0, 0.05) is 25.2 Å². The van der Waals surface area contributed by atoms with Gasteiger partial charge in [0.25, 0.3) is 0 Å². The molecule has 1 aromatic rings. The molecule has 0 aliphatic carbocycles. The van der Waals surface area contributed by atoms with Crippen LogP contribution < -0.4 is 10.6 Å². The van der Waals surface area contributed by atoms with Gasteiger partial charge in [-0.05, 0) is 44.1 Å². The number of hydrogen-bond donors (Lipinski definition) is 2. The highest BCUT2D eigenvalue weighted by Gasteiger charge is 2.24. The summed E-state index contributed by atoms with van der Waals surface area (Å²) in [6.07, 6.45) is 2.36. The van der Waals surface area contributed by atoms with Gasteiger partial charge in [-0.1, -0.05) is 12.1 Å². The number of anilines is 1. The summed E-state index contributed by atoms with van der Waals surface area (Å²) in [4.78, 5) is 4.36. The number of halogens is 1. The van der Waals surface area contributed by atoms with Crippen molar-refractivity contribution < 1.29 is 9.60 Å². The quantitative estimate of drug-likeness (QED) is 0.376. The van der Waals surface area contributed by atoms with Gasteiger partial charge in [0.05, 0.1) is 5.69 Å². The molecule has 1 heterocycles. The zero-order valence-corrected chi connectivity index (χ0v) is 12.6. The molecule has 116 valence electrons. The first-order valence-electron chi connectivity index (χ1n) is 7.29. The van der Waals surface area contributed by atoms with E-state index in [1.807, 2.05) is 11.9 Å². The second kappa shape index (κ2) is 6.76. The van der Waals surface area contributed by atoms with Gasteiger partial charge in [-0.25, -0.2) is 4.39 Å². The van der Waals surface area contributed by atoms with E-state index in [-0.39, 0.29) is 11.7 Å². The molecule has 1 aromatic carbocycles. The minimum atomic E-state index is -0.359. The normalized spacial score (nSPS) is 20.0. The lowest BCUT2D eigenvalue weighted by molar-refractivity contribution is 0.270. The first-order valence-corrected chi connectivity index (χ1v) is 7.29. The van der Waals surface area contributed by atoms with Gasteiger partial charge in [0.15, 0.2) is 5.84 Å². The Hall–Kier alpha value is -1.82. The highest BCUT2D eigenvalue weighted by molar-refractivity contribution is 5.97. The SMILES string of the molecule is CCN1CCCC1CN(C)c1ccc(C(N)=NO)cc1F. The molecule has 0 radical (unpaired) electrons. The van der Waals surface area contributed by atoms with E-state index in [0.717, 1.165) is 26.1 Å². The summed E-state index contributed by atoms with van der Waals surface area (Å²) in [6.45, 7) is 5.11. The van der Waals surface area contributed by atoms with Gasteiger partial charge in [0.1, 0.15) is 5.82 Å². The fourth-order valence-corrected chi connectivity index (χ4v) is 2.97. The average molecular weight is 294 g/mol. The minimum Gasteiger partial charge on any atom is -0.409 e. The molecule has 21 heavy (non-hydrogen) atoms. The molecule has 5 nitrogen and oxygen atoms in total. The Labute approximate surface area is 124 Å². The van der Waals surface area contributed by atoms with Crippen LogP contribution in [0.2, 0.25) is 0 Å². The molecular weight excluding hydrogens is 271 g/mol. The summed E-state index contributed by atoms with van der Waals surface area (Å²) in [5.74, 6) is -0.446. The van der Waals surface area contributed by atoms with Crippen LogP contribution in [-0.4, -0.2) is 48.7 Å². The summed E-state index contributed by atoms with van der Waals surface area (Å²) in [5.41, 5.74) is 6.38. The number of nitrogens with zero attached hydrogens (tertiary/aromatic N) is 3. The van der Waals surface area contributed by atoms with E-state index < -0.39 is 0 Å². The third-order valence-corrected chi connectivity index (χ3v) is 4.15. The average Bonchev–Trinajstić information content (AvgIpc) is 2.93. The molecule has 2 rings (SSSR count). The maximum atomic E-state index is 14.2. The van der Waals surface area contributed by atoms with E-state index in [0.29, 0.717) is 17.3 Å². The van der Waals surface area contributed by atoms with Crippen LogP contribution >= 0.6 is 0 Å². The lowest BCUT2D eigenvalue weighted by atomic mass is 10.1. The topological polar surface area (TPSA) is 65.1 Å². The standard InChI is InChI=1S/C15H23FN4O/c1-3-20-8-4-5-12(20)10-19(2)14-7-6-11(9-13(14)16)15(17)18-21/h6-7,9,12,21H,3-5,8,10H2,1-2H3,(H2,17,18). The van der Waals surface area contributed by atoms with Crippen LogP contribution in [0.4, 0.5) is 10.1 Å². The van der Waals surface area contributed by atoms with E-state index in [1.165, 1.54) is 12.5 Å². The summed E-state index contributed by atoms with van der Waals surface area (Å²) in [5, 5.41) is 11.5. The van der Waals surface area contributed by atoms with Gasteiger partial charge in [-0.15, -0.1) is 0 Å². The van der Waals surface area contributed by atoms with Gasteiger partial charge in [0.2, 0.25) is 0 Å². The van der Waals surface area contributed by atoms with Crippen LogP contribution in [0.25, 0.3) is 0 Å². The number of amidine groups is 1. The van der Waals surface area contributed by atoms with E-state index >= 15 is 0 Å². The minimum absolute atomic E-state index is 0.0870. The first-order chi connectivity index (χ1) is 10.1. The number of rotatable bonds is 5. The van der Waals surface area contributed by atoms with Crippen molar-refractivity contribution in [3.05, 3.63) is 29.6 Å². The maximum Gasteiger partial charge on any atom is 0.170 e. The monoisotopic (exact) mass is 294 g/mol. The molecule has 0 saturated carbocycles. The molecule has 0 amide bonds. The van der Waals surface area contributed by atoms with Crippen molar-refractivity contribution in [1.29, 1.82) is 0 Å². The number of benzene rings is 1. The summed E-state index contributed by atoms with van der Waals surface area (Å²) >= 11 is 0. The van der Waals surface area contributed by atoms with Crippen LogP contribution in [0.15, 0.2) is 23.4 Å². The van der Waals surface area contributed by atoms with Crippen LogP contribution in [0.5, 0.6) is 0 Å². The molecule has 1 aliphatic heterocycles. The molecule has 0 aromatic heterocycles. The van der Waals surface area contributed by atoms with E-state index in [2.05, 4.69) is 17.0 Å². The zero-order valence-electron chi connectivity index (χ0n) is 12.6. The Balaban J connectivity index is 2.10. The van der Waals surface area contributed by atoms with Gasteiger partial charge < -0.3 is 15.8 Å². The highest BCUT2D eigenvalue weighted by atomic mass is 19.1. The second-order valence-corrected chi connectivity index (χ2v) is 5.46. The maximum absolute atomic E-state index is 14.2. The lowest BCUT2D eigenvalue weighted by Gasteiger charge is -2.29. The number of likely N-dealkylation sites (N-methyl/N-ethyl adjacent to an activating group) is 2. The van der Waals surface area contributed by atoms with Gasteiger partial charge in [-0.2, -0.15) is 0 Å². The molecule has 0 bridgehead atoms. The Morgan fingerprint density at radius 1 is 1.57 bits per heavy atom. The number of nitrogens with two attached hydrogens (primary N) is 1. The zero-order chi connectivity index (χ0) is 15.4. The van der Waals surface area contributed by atoms with E-state index in [4.69, 9.17) is 10.9 Å². The summed E-state index contributed by atoms with van der Waals surface area (Å²) in [7, 11) is 1.90. The second-order valence-electron chi connectivity index (χ2n) is 5.46. The van der Waals surface area contributed by atoms with Crippen LogP contribution in [-0.2, 0) is 0 Å². The molecule has 6 heteroatoms. The summed E-state index contributed by atoms with van der Waals surface area (Å²) in [6, 6.07) is 5.11. The van der Waals surface area contributed by atoms with Gasteiger partial charge in [-0.3, -0.25) is 4.90 Å². The fourth-order valence-electron chi connectivity index (χ4n) is 2.97. The third-order valence-electron chi connectivity index (χ3n) is 4.15. The van der Waals surface area contributed by atoms with Crippen molar-refractivity contribution in [2.45, 2.75) is 25.8 Å². The fraction of sp³-hybridized carbons (Fsp3) is 0.533. The molecule has 1 aliphatic rings. The van der Waals surface area contributed by atoms with Crippen molar-refractivity contribution in [2.75, 3.05) is 31.6 Å². The highest BCUT2D eigenvalue weighted by Crippen LogP contribution is 2.23. The van der Waals surface area contributed by atoms with Crippen molar-refractivity contribution in [3.63, 3.8) is 0 Å². The van der Waals surface area contributed by atoms with Crippen LogP contribution in [0.3, 0.4) is 0 Å². The number of oxime groups is 1. The molecule has 0 spiro atoms. The molecule has 1 fully saturated rings. The molecule has 1 unspecified atom stereocenters. The number of hydrogen-bond acceptors (Lipinski definition) is 4. The van der Waals surface area contributed by atoms with Crippen molar-refractivity contribution in [2.24, 2.45) is 10.9 Å². The number of likely N-dealkylation sites (tertiary alicyclic amines) is 1. The first kappa shape index (κ1) is 15.6. The van der Waals surface area contributed by atoms with Crippen LogP contribution in [0.1, 0.15) is 25.3 Å². The molecule has 1 saturated heterocycles. The third kappa shape index (κ3) is 3.44. The summed E-state index contributed by atoms with van der Waals surface area (Å²) < 4.78 is 14.2. The van der Waals surface area contributed by atoms with Crippen molar-refractivity contribution in [1.82, 2.24) is 4.90 Å². The van der Waals surface area contributed by atoms with E-state index in [1.54, 1.807) is 12.1 Å². The molecular formula is C15H23FN4O. The molecule has 3 N–H and O–H groups in total. The largest absolute Gasteiger partial charge is 0.409 e. The van der Waals surface area contributed by atoms with Crippen LogP contribution in [0, 0.1) is 5.82 Å². The Morgan fingerprint density at radius 2 is 2.33 bits per heavy atom. The Bertz CT molecular complexity index is 520. The lowest BCUT2D eigenvalue weighted by Crippen LogP contribution is -2.39. The predicted molar refractivity (Wildman–Crippen MR) is 82.4 cm³/mol. The van der Waals surface area contributed by atoms with Gasteiger partial charge >= 0.3 is 0 Å². The van der Waals surface area contributed by atoms with Crippen molar-refractivity contribution >= 4 is 11.5 Å². The smallest absolute Gasteiger partial charge is 0.170 e. The Kier molecular flexibility index (Phi) is 5.01. The molecule has 1 atom stereocenters. The Morgan fingerprint density at radius 3 is 2.95 bits per heavy atom. The van der Waals surface area contributed by atoms with E-state index in [9.17, 15) is 4.39 Å². The predicted octanol–water partition coefficient (Wildman–Crippen LogP) is 1.84. The van der Waals surface area contributed by atoms with Crippen molar-refractivity contribution in [3.8, 4) is 0 Å².